The predicted molar refractivity (Wildman–Crippen MR) is 120 cm³/mol. The van der Waals surface area contributed by atoms with E-state index in [1.165, 1.54) is 5.69 Å². The van der Waals surface area contributed by atoms with E-state index in [-0.39, 0.29) is 18.2 Å². The standard InChI is InChI=1S/C23H27N5O3/c1-2-31-19-10-8-17(9-11-19)24-22(30)20-16-21(29)26-23(25-20)28-14-12-27(13-15-28)18-6-4-3-5-7-18/h3-11,20H,2,12-16H2,1H3,(H,24,30)(H,25,26,29)/t20-/m1/s1. The smallest absolute Gasteiger partial charge is 0.249 e. The largest absolute Gasteiger partial charge is 0.494 e. The van der Waals surface area contributed by atoms with Crippen molar-refractivity contribution in [2.75, 3.05) is 43.0 Å². The van der Waals surface area contributed by atoms with Gasteiger partial charge in [0, 0.05) is 37.6 Å². The number of ether oxygens (including phenoxy) is 1. The predicted octanol–water partition coefficient (Wildman–Crippen LogP) is 2.09. The van der Waals surface area contributed by atoms with E-state index < -0.39 is 6.04 Å². The summed E-state index contributed by atoms with van der Waals surface area (Å²) in [7, 11) is 0. The number of anilines is 2. The van der Waals surface area contributed by atoms with E-state index in [2.05, 4.69) is 32.7 Å². The first kappa shape index (κ1) is 20.7. The third kappa shape index (κ3) is 5.14. The van der Waals surface area contributed by atoms with Gasteiger partial charge in [-0.3, -0.25) is 14.9 Å². The lowest BCUT2D eigenvalue weighted by Crippen LogP contribution is -2.56. The lowest BCUT2D eigenvalue weighted by molar-refractivity contribution is -0.125. The van der Waals surface area contributed by atoms with Gasteiger partial charge < -0.3 is 19.9 Å². The fourth-order valence-electron chi connectivity index (χ4n) is 3.73. The molecule has 2 aliphatic rings. The molecular weight excluding hydrogens is 394 g/mol. The summed E-state index contributed by atoms with van der Waals surface area (Å²) >= 11 is 0. The minimum absolute atomic E-state index is 0.0380. The number of carbonyl (C=O) groups is 2. The maximum absolute atomic E-state index is 12.7. The Morgan fingerprint density at radius 1 is 1.06 bits per heavy atom. The van der Waals surface area contributed by atoms with E-state index in [4.69, 9.17) is 4.74 Å². The van der Waals surface area contributed by atoms with Crippen LogP contribution in [0.15, 0.2) is 59.6 Å². The third-order valence-electron chi connectivity index (χ3n) is 5.34. The Labute approximate surface area is 181 Å². The van der Waals surface area contributed by atoms with Gasteiger partial charge in [-0.05, 0) is 43.3 Å². The van der Waals surface area contributed by atoms with Gasteiger partial charge in [-0.25, -0.2) is 4.99 Å². The van der Waals surface area contributed by atoms with Crippen molar-refractivity contribution in [1.29, 1.82) is 0 Å². The lowest BCUT2D eigenvalue weighted by Gasteiger charge is -2.38. The number of carbonyl (C=O) groups excluding carboxylic acids is 2. The molecule has 31 heavy (non-hydrogen) atoms. The quantitative estimate of drug-likeness (QED) is 0.772. The van der Waals surface area contributed by atoms with E-state index in [9.17, 15) is 9.59 Å². The molecule has 4 rings (SSSR count). The highest BCUT2D eigenvalue weighted by Crippen LogP contribution is 2.19. The van der Waals surface area contributed by atoms with Gasteiger partial charge in [0.05, 0.1) is 13.0 Å². The zero-order valence-electron chi connectivity index (χ0n) is 17.6. The molecule has 0 bridgehead atoms. The Morgan fingerprint density at radius 3 is 2.42 bits per heavy atom. The molecule has 162 valence electrons. The van der Waals surface area contributed by atoms with Gasteiger partial charge in [0.1, 0.15) is 11.8 Å². The van der Waals surface area contributed by atoms with E-state index in [1.54, 1.807) is 24.3 Å². The summed E-state index contributed by atoms with van der Waals surface area (Å²) in [6.45, 7) is 5.59. The molecule has 0 unspecified atom stereocenters. The van der Waals surface area contributed by atoms with Crippen LogP contribution in [-0.2, 0) is 9.59 Å². The molecular formula is C23H27N5O3. The van der Waals surface area contributed by atoms with Gasteiger partial charge in [0.25, 0.3) is 0 Å². The number of piperazine rings is 1. The van der Waals surface area contributed by atoms with E-state index >= 15 is 0 Å². The van der Waals surface area contributed by atoms with Crippen molar-refractivity contribution in [3.05, 3.63) is 54.6 Å². The van der Waals surface area contributed by atoms with E-state index in [1.807, 2.05) is 30.0 Å². The van der Waals surface area contributed by atoms with Crippen LogP contribution >= 0.6 is 0 Å². The SMILES string of the molecule is CCOc1ccc(NC(=O)[C@H]2CC(=O)NC(N3CCN(c4ccccc4)CC3)=N2)cc1. The number of nitrogens with one attached hydrogen (secondary N) is 2. The van der Waals surface area contributed by atoms with Crippen molar-refractivity contribution in [3.63, 3.8) is 0 Å². The van der Waals surface area contributed by atoms with E-state index in [0.717, 1.165) is 31.9 Å². The maximum atomic E-state index is 12.7. The van der Waals surface area contributed by atoms with Crippen LogP contribution < -0.4 is 20.3 Å². The Morgan fingerprint density at radius 2 is 1.74 bits per heavy atom. The first-order valence-corrected chi connectivity index (χ1v) is 10.6. The monoisotopic (exact) mass is 421 g/mol. The van der Waals surface area contributed by atoms with Crippen LogP contribution in [0.3, 0.4) is 0 Å². The van der Waals surface area contributed by atoms with E-state index in [0.29, 0.717) is 18.3 Å². The highest BCUT2D eigenvalue weighted by molar-refractivity contribution is 6.06. The zero-order valence-corrected chi connectivity index (χ0v) is 17.6. The molecule has 8 nitrogen and oxygen atoms in total. The summed E-state index contributed by atoms with van der Waals surface area (Å²) in [6.07, 6.45) is 0.0380. The van der Waals surface area contributed by atoms with Crippen molar-refractivity contribution in [1.82, 2.24) is 10.2 Å². The summed E-state index contributed by atoms with van der Waals surface area (Å²) in [5.74, 6) is 0.741. The number of benzene rings is 2. The number of para-hydroxylation sites is 1. The highest BCUT2D eigenvalue weighted by Gasteiger charge is 2.30. The molecule has 0 spiro atoms. The molecule has 2 aliphatic heterocycles. The number of nitrogens with zero attached hydrogens (tertiary/aromatic N) is 3. The number of amides is 2. The third-order valence-corrected chi connectivity index (χ3v) is 5.34. The summed E-state index contributed by atoms with van der Waals surface area (Å²) in [6, 6.07) is 16.7. The maximum Gasteiger partial charge on any atom is 0.249 e. The van der Waals surface area contributed by atoms with Crippen LogP contribution in [0.5, 0.6) is 5.75 Å². The summed E-state index contributed by atoms with van der Waals surface area (Å²) in [5.41, 5.74) is 1.83. The molecule has 2 amide bonds. The average molecular weight is 422 g/mol. The van der Waals surface area contributed by atoms with Crippen molar-refractivity contribution < 1.29 is 14.3 Å². The van der Waals surface area contributed by atoms with Crippen LogP contribution in [0.4, 0.5) is 11.4 Å². The molecule has 0 aliphatic carbocycles. The zero-order chi connectivity index (χ0) is 21.6. The topological polar surface area (TPSA) is 86.3 Å². The Hall–Kier alpha value is -3.55. The molecule has 1 atom stereocenters. The molecule has 8 heteroatoms. The second-order valence-corrected chi connectivity index (χ2v) is 7.48. The molecule has 2 N–H and O–H groups in total. The minimum Gasteiger partial charge on any atom is -0.494 e. The molecule has 2 heterocycles. The van der Waals surface area contributed by atoms with Gasteiger partial charge >= 0.3 is 0 Å². The Bertz CT molecular complexity index is 937. The van der Waals surface area contributed by atoms with Crippen LogP contribution in [0.25, 0.3) is 0 Å². The molecule has 1 fully saturated rings. The Kier molecular flexibility index (Phi) is 6.35. The molecule has 0 saturated carbocycles. The highest BCUT2D eigenvalue weighted by atomic mass is 16.5. The molecule has 0 radical (unpaired) electrons. The molecule has 1 saturated heterocycles. The minimum atomic E-state index is -0.748. The number of rotatable bonds is 5. The summed E-state index contributed by atoms with van der Waals surface area (Å²) in [4.78, 5) is 33.9. The second-order valence-electron chi connectivity index (χ2n) is 7.48. The summed E-state index contributed by atoms with van der Waals surface area (Å²) in [5, 5.41) is 5.68. The first-order valence-electron chi connectivity index (χ1n) is 10.6. The first-order chi connectivity index (χ1) is 15.1. The molecule has 2 aromatic carbocycles. The van der Waals surface area contributed by atoms with Crippen LogP contribution in [0.2, 0.25) is 0 Å². The lowest BCUT2D eigenvalue weighted by atomic mass is 10.1. The van der Waals surface area contributed by atoms with Gasteiger partial charge in [-0.15, -0.1) is 0 Å². The van der Waals surface area contributed by atoms with Crippen molar-refractivity contribution in [2.45, 2.75) is 19.4 Å². The fourth-order valence-corrected chi connectivity index (χ4v) is 3.73. The fraction of sp³-hybridized carbons (Fsp3) is 0.348. The second kappa shape index (κ2) is 9.51. The normalized spacial score (nSPS) is 18.8. The molecule has 0 aromatic heterocycles. The average Bonchev–Trinajstić information content (AvgIpc) is 2.81. The van der Waals surface area contributed by atoms with Gasteiger partial charge in [-0.2, -0.15) is 0 Å². The molecule has 2 aromatic rings. The Balaban J connectivity index is 1.38. The van der Waals surface area contributed by atoms with Crippen molar-refractivity contribution >= 4 is 29.1 Å². The number of aliphatic imine (C=N–C) groups is 1. The van der Waals surface area contributed by atoms with Crippen molar-refractivity contribution in [3.8, 4) is 5.75 Å². The van der Waals surface area contributed by atoms with Crippen LogP contribution in [-0.4, -0.2) is 61.5 Å². The number of guanidine groups is 1. The number of hydrogen-bond donors (Lipinski definition) is 2. The van der Waals surface area contributed by atoms with Gasteiger partial charge in [-0.1, -0.05) is 18.2 Å². The van der Waals surface area contributed by atoms with Gasteiger partial charge in [0.15, 0.2) is 0 Å². The summed E-state index contributed by atoms with van der Waals surface area (Å²) < 4.78 is 5.42. The van der Waals surface area contributed by atoms with Gasteiger partial charge in [0.2, 0.25) is 17.8 Å². The van der Waals surface area contributed by atoms with Crippen LogP contribution in [0.1, 0.15) is 13.3 Å². The van der Waals surface area contributed by atoms with Crippen LogP contribution in [0, 0.1) is 0 Å². The van der Waals surface area contributed by atoms with Crippen molar-refractivity contribution in [2.24, 2.45) is 4.99 Å². The number of hydrogen-bond acceptors (Lipinski definition) is 6.